The molecule has 1 rings (SSSR count). The summed E-state index contributed by atoms with van der Waals surface area (Å²) in [6.07, 6.45) is 5.82. The highest BCUT2D eigenvalue weighted by Gasteiger charge is 2.46. The van der Waals surface area contributed by atoms with Gasteiger partial charge in [0.15, 0.2) is 0 Å². The lowest BCUT2D eigenvalue weighted by Gasteiger charge is -2.54. The van der Waals surface area contributed by atoms with Crippen LogP contribution in [0.15, 0.2) is 0 Å². The molecule has 1 saturated heterocycles. The fraction of sp³-hybridized carbons (Fsp3) is 0.933. The maximum absolute atomic E-state index is 11.4. The molecule has 18 heavy (non-hydrogen) atoms. The minimum Gasteiger partial charge on any atom is -0.480 e. The van der Waals surface area contributed by atoms with Gasteiger partial charge in [0.1, 0.15) is 6.04 Å². The summed E-state index contributed by atoms with van der Waals surface area (Å²) >= 11 is 0. The third kappa shape index (κ3) is 3.25. The van der Waals surface area contributed by atoms with E-state index in [9.17, 15) is 9.90 Å². The Morgan fingerprint density at radius 2 is 1.72 bits per heavy atom. The summed E-state index contributed by atoms with van der Waals surface area (Å²) in [7, 11) is 0. The molecule has 0 bridgehead atoms. The van der Waals surface area contributed by atoms with E-state index in [1.54, 1.807) is 0 Å². The molecule has 0 aliphatic carbocycles. The van der Waals surface area contributed by atoms with Gasteiger partial charge in [-0.05, 0) is 24.2 Å². The molecule has 1 heterocycles. The van der Waals surface area contributed by atoms with Crippen molar-refractivity contribution < 1.29 is 9.90 Å². The zero-order valence-electron chi connectivity index (χ0n) is 12.4. The van der Waals surface area contributed by atoms with Crippen molar-refractivity contribution in [2.75, 3.05) is 13.1 Å². The van der Waals surface area contributed by atoms with Gasteiger partial charge in [0.2, 0.25) is 0 Å². The van der Waals surface area contributed by atoms with Crippen LogP contribution >= 0.6 is 0 Å². The van der Waals surface area contributed by atoms with E-state index in [4.69, 9.17) is 0 Å². The molecule has 0 spiro atoms. The Labute approximate surface area is 112 Å². The van der Waals surface area contributed by atoms with Gasteiger partial charge >= 0.3 is 5.97 Å². The first kappa shape index (κ1) is 15.5. The van der Waals surface area contributed by atoms with Gasteiger partial charge < -0.3 is 5.11 Å². The maximum atomic E-state index is 11.4. The highest BCUT2D eigenvalue weighted by Crippen LogP contribution is 2.41. The molecule has 2 atom stereocenters. The lowest BCUT2D eigenvalue weighted by atomic mass is 9.71. The molecule has 0 aromatic carbocycles. The standard InChI is InChI=1S/C15H29NO2/c1-5-8-15(9-6-2)10-16(11-15)13(14(17)18)12(4)7-3/h12-13H,5-11H2,1-4H3,(H,17,18). The molecule has 0 aromatic heterocycles. The van der Waals surface area contributed by atoms with Crippen LogP contribution < -0.4 is 0 Å². The van der Waals surface area contributed by atoms with Gasteiger partial charge in [-0.1, -0.05) is 47.0 Å². The molecule has 1 aliphatic heterocycles. The van der Waals surface area contributed by atoms with Gasteiger partial charge in [0.25, 0.3) is 0 Å². The number of nitrogens with zero attached hydrogens (tertiary/aromatic N) is 1. The molecule has 0 amide bonds. The Bertz CT molecular complexity index is 264. The number of carboxylic acids is 1. The number of carboxylic acid groups (broad SMARTS) is 1. The van der Waals surface area contributed by atoms with E-state index in [1.165, 1.54) is 25.7 Å². The number of aliphatic carboxylic acids is 1. The van der Waals surface area contributed by atoms with Crippen LogP contribution in [0.25, 0.3) is 0 Å². The van der Waals surface area contributed by atoms with Crippen LogP contribution in [0, 0.1) is 11.3 Å². The van der Waals surface area contributed by atoms with Crippen molar-refractivity contribution in [3.63, 3.8) is 0 Å². The van der Waals surface area contributed by atoms with Crippen LogP contribution in [0.2, 0.25) is 0 Å². The molecule has 1 N–H and O–H groups in total. The first-order valence-electron chi connectivity index (χ1n) is 7.46. The molecule has 106 valence electrons. The van der Waals surface area contributed by atoms with Gasteiger partial charge in [-0.3, -0.25) is 9.69 Å². The van der Waals surface area contributed by atoms with Crippen molar-refractivity contribution in [3.8, 4) is 0 Å². The number of rotatable bonds is 8. The summed E-state index contributed by atoms with van der Waals surface area (Å²) in [4.78, 5) is 13.6. The summed E-state index contributed by atoms with van der Waals surface area (Å²) in [5, 5.41) is 9.40. The van der Waals surface area contributed by atoms with E-state index in [1.807, 2.05) is 0 Å². The lowest BCUT2D eigenvalue weighted by Crippen LogP contribution is -2.63. The second kappa shape index (κ2) is 6.55. The quantitative estimate of drug-likeness (QED) is 0.722. The van der Waals surface area contributed by atoms with E-state index in [2.05, 4.69) is 32.6 Å². The van der Waals surface area contributed by atoms with Crippen LogP contribution in [-0.2, 0) is 4.79 Å². The van der Waals surface area contributed by atoms with E-state index in [0.29, 0.717) is 5.41 Å². The largest absolute Gasteiger partial charge is 0.480 e. The molecule has 1 aliphatic rings. The fourth-order valence-electron chi connectivity index (χ4n) is 3.50. The third-order valence-corrected chi connectivity index (χ3v) is 4.47. The van der Waals surface area contributed by atoms with Crippen molar-refractivity contribution >= 4 is 5.97 Å². The van der Waals surface area contributed by atoms with Crippen molar-refractivity contribution in [1.29, 1.82) is 0 Å². The van der Waals surface area contributed by atoms with Crippen molar-refractivity contribution in [2.24, 2.45) is 11.3 Å². The molecule has 0 saturated carbocycles. The van der Waals surface area contributed by atoms with E-state index >= 15 is 0 Å². The molecular formula is C15H29NO2. The van der Waals surface area contributed by atoms with Crippen molar-refractivity contribution in [1.82, 2.24) is 4.90 Å². The Morgan fingerprint density at radius 3 is 2.06 bits per heavy atom. The Hall–Kier alpha value is -0.570. The normalized spacial score (nSPS) is 22.2. The van der Waals surface area contributed by atoms with Gasteiger partial charge in [0.05, 0.1) is 0 Å². The van der Waals surface area contributed by atoms with E-state index in [-0.39, 0.29) is 12.0 Å². The van der Waals surface area contributed by atoms with Gasteiger partial charge in [0, 0.05) is 13.1 Å². The minimum atomic E-state index is -0.647. The topological polar surface area (TPSA) is 40.5 Å². The molecule has 0 radical (unpaired) electrons. The SMILES string of the molecule is CCCC1(CCC)CN(C(C(=O)O)C(C)CC)C1. The maximum Gasteiger partial charge on any atom is 0.321 e. The van der Waals surface area contributed by atoms with Crippen LogP contribution in [-0.4, -0.2) is 35.1 Å². The molecule has 1 fully saturated rings. The number of hydrogen-bond donors (Lipinski definition) is 1. The summed E-state index contributed by atoms with van der Waals surface area (Å²) in [6.45, 7) is 10.5. The lowest BCUT2D eigenvalue weighted by molar-refractivity contribution is -0.153. The Morgan fingerprint density at radius 1 is 1.22 bits per heavy atom. The van der Waals surface area contributed by atoms with Gasteiger partial charge in [-0.15, -0.1) is 0 Å². The summed E-state index contributed by atoms with van der Waals surface area (Å²) < 4.78 is 0. The molecule has 0 aromatic rings. The summed E-state index contributed by atoms with van der Waals surface area (Å²) in [6, 6.07) is -0.281. The highest BCUT2D eigenvalue weighted by atomic mass is 16.4. The number of carbonyl (C=O) groups is 1. The smallest absolute Gasteiger partial charge is 0.321 e. The third-order valence-electron chi connectivity index (χ3n) is 4.47. The van der Waals surface area contributed by atoms with E-state index < -0.39 is 5.97 Å². The predicted octanol–water partition coefficient (Wildman–Crippen LogP) is 3.39. The predicted molar refractivity (Wildman–Crippen MR) is 74.7 cm³/mol. The number of hydrogen-bond acceptors (Lipinski definition) is 2. The van der Waals surface area contributed by atoms with Crippen molar-refractivity contribution in [3.05, 3.63) is 0 Å². The molecule has 3 heteroatoms. The van der Waals surface area contributed by atoms with Gasteiger partial charge in [-0.25, -0.2) is 0 Å². The second-order valence-electron chi connectivity index (χ2n) is 6.07. The zero-order chi connectivity index (χ0) is 13.8. The zero-order valence-corrected chi connectivity index (χ0v) is 12.4. The van der Waals surface area contributed by atoms with E-state index in [0.717, 1.165) is 19.5 Å². The minimum absolute atomic E-state index is 0.240. The van der Waals surface area contributed by atoms with Crippen LogP contribution in [0.5, 0.6) is 0 Å². The first-order chi connectivity index (χ1) is 8.49. The summed E-state index contributed by atoms with van der Waals surface area (Å²) in [5.41, 5.74) is 0.407. The fourth-order valence-corrected chi connectivity index (χ4v) is 3.50. The molecule has 3 nitrogen and oxygen atoms in total. The monoisotopic (exact) mass is 255 g/mol. The molecular weight excluding hydrogens is 226 g/mol. The Kier molecular flexibility index (Phi) is 5.64. The average Bonchev–Trinajstić information content (AvgIpc) is 2.26. The highest BCUT2D eigenvalue weighted by molar-refractivity contribution is 5.74. The first-order valence-corrected chi connectivity index (χ1v) is 7.46. The van der Waals surface area contributed by atoms with Crippen LogP contribution in [0.1, 0.15) is 59.8 Å². The van der Waals surface area contributed by atoms with Gasteiger partial charge in [-0.2, -0.15) is 0 Å². The summed E-state index contributed by atoms with van der Waals surface area (Å²) in [5.74, 6) is -0.408. The molecule has 2 unspecified atom stereocenters. The van der Waals surface area contributed by atoms with Crippen LogP contribution in [0.4, 0.5) is 0 Å². The second-order valence-corrected chi connectivity index (χ2v) is 6.07. The number of likely N-dealkylation sites (tertiary alicyclic amines) is 1. The Balaban J connectivity index is 2.63. The van der Waals surface area contributed by atoms with Crippen LogP contribution in [0.3, 0.4) is 0 Å². The average molecular weight is 255 g/mol. The van der Waals surface area contributed by atoms with Crippen molar-refractivity contribution in [2.45, 2.75) is 65.8 Å².